The number of amides is 1. The van der Waals surface area contributed by atoms with Crippen molar-refractivity contribution in [2.24, 2.45) is 23.7 Å². The Morgan fingerprint density at radius 2 is 1.77 bits per heavy atom. The lowest BCUT2D eigenvalue weighted by Crippen LogP contribution is -2.61. The van der Waals surface area contributed by atoms with Gasteiger partial charge in [0.15, 0.2) is 0 Å². The number of hydrogen-bond donors (Lipinski definition) is 1. The molecule has 1 aromatic rings. The van der Waals surface area contributed by atoms with E-state index in [0.717, 1.165) is 43.4 Å². The quantitative estimate of drug-likeness (QED) is 0.749. The molecule has 1 unspecified atom stereocenters. The molecule has 1 aromatic carbocycles. The van der Waals surface area contributed by atoms with Crippen molar-refractivity contribution >= 4 is 27.5 Å². The summed E-state index contributed by atoms with van der Waals surface area (Å²) < 4.78 is 28.0. The Kier molecular flexibility index (Phi) is 5.19. The van der Waals surface area contributed by atoms with Crippen molar-refractivity contribution in [3.8, 4) is 0 Å². The molecule has 30 heavy (non-hydrogen) atoms. The number of carbonyl (C=O) groups excluding carboxylic acids is 1. The molecular formula is C23H31ClN2O3S. The van der Waals surface area contributed by atoms with Gasteiger partial charge in [0, 0.05) is 23.7 Å². The minimum Gasteiger partial charge on any atom is -0.350 e. The summed E-state index contributed by atoms with van der Waals surface area (Å²) in [7, 11) is -3.67. The highest BCUT2D eigenvalue weighted by molar-refractivity contribution is 7.89. The third-order valence-electron chi connectivity index (χ3n) is 7.95. The van der Waals surface area contributed by atoms with Gasteiger partial charge in [0.05, 0.1) is 10.8 Å². The molecule has 4 bridgehead atoms. The monoisotopic (exact) mass is 450 g/mol. The molecule has 5 aliphatic rings. The molecule has 1 N–H and O–H groups in total. The predicted molar refractivity (Wildman–Crippen MR) is 117 cm³/mol. The van der Waals surface area contributed by atoms with Crippen molar-refractivity contribution in [2.45, 2.75) is 68.7 Å². The van der Waals surface area contributed by atoms with Crippen LogP contribution in [0.5, 0.6) is 0 Å². The van der Waals surface area contributed by atoms with Crippen molar-refractivity contribution in [3.63, 3.8) is 0 Å². The zero-order chi connectivity index (χ0) is 21.1. The summed E-state index contributed by atoms with van der Waals surface area (Å²) in [5.74, 6) is 2.09. The number of aryl methyl sites for hydroxylation is 1. The lowest BCUT2D eigenvalue weighted by molar-refractivity contribution is -0.131. The van der Waals surface area contributed by atoms with Crippen LogP contribution in [0.15, 0.2) is 23.1 Å². The Bertz CT molecular complexity index is 926. The van der Waals surface area contributed by atoms with E-state index in [-0.39, 0.29) is 28.8 Å². The number of rotatable bonds is 4. The highest BCUT2D eigenvalue weighted by atomic mass is 35.5. The average Bonchev–Trinajstić information content (AvgIpc) is 2.68. The minimum atomic E-state index is -3.67. The zero-order valence-electron chi connectivity index (χ0n) is 17.6. The summed E-state index contributed by atoms with van der Waals surface area (Å²) in [4.78, 5) is 13.5. The summed E-state index contributed by atoms with van der Waals surface area (Å²) in [6.45, 7) is 2.49. The highest BCUT2D eigenvalue weighted by Gasteiger charge is 2.52. The van der Waals surface area contributed by atoms with Gasteiger partial charge in [-0.3, -0.25) is 4.79 Å². The second-order valence-electron chi connectivity index (χ2n) is 10.3. The number of sulfonamides is 1. The number of nitrogens with zero attached hydrogens (tertiary/aromatic N) is 1. The molecule has 1 saturated heterocycles. The Balaban J connectivity index is 1.31. The van der Waals surface area contributed by atoms with Gasteiger partial charge in [-0.15, -0.1) is 0 Å². The molecule has 7 heteroatoms. The number of carbonyl (C=O) groups is 1. The standard InChI is InChI=1S/C23H31ClN2O3S/c1-15-4-5-20(24)10-21(15)30(28,29)26-6-2-3-19(14-26)22(27)25-23-11-16-7-17(12-23)9-18(8-16)13-23/h4-5,10,16-19H,2-3,6-9,11-14H2,1H3,(H,25,27). The summed E-state index contributed by atoms with van der Waals surface area (Å²) in [6, 6.07) is 4.95. The smallest absolute Gasteiger partial charge is 0.243 e. The van der Waals surface area contributed by atoms with Crippen LogP contribution >= 0.6 is 11.6 Å². The number of benzene rings is 1. The van der Waals surface area contributed by atoms with Crippen LogP contribution in [0, 0.1) is 30.6 Å². The lowest BCUT2D eigenvalue weighted by Gasteiger charge is -2.57. The van der Waals surface area contributed by atoms with E-state index in [1.807, 2.05) is 0 Å². The van der Waals surface area contributed by atoms with Gasteiger partial charge in [0.2, 0.25) is 15.9 Å². The first-order valence-corrected chi connectivity index (χ1v) is 13.1. The second-order valence-corrected chi connectivity index (χ2v) is 12.6. The predicted octanol–water partition coefficient (Wildman–Crippen LogP) is 4.13. The van der Waals surface area contributed by atoms with Crippen molar-refractivity contribution in [2.75, 3.05) is 13.1 Å². The van der Waals surface area contributed by atoms with Crippen LogP contribution in [0.1, 0.15) is 56.9 Å². The first kappa shape index (κ1) is 20.8. The largest absolute Gasteiger partial charge is 0.350 e. The maximum atomic E-state index is 13.3. The first-order valence-electron chi connectivity index (χ1n) is 11.3. The van der Waals surface area contributed by atoms with Crippen molar-refractivity contribution in [1.82, 2.24) is 9.62 Å². The Labute approximate surface area is 184 Å². The molecule has 1 atom stereocenters. The summed E-state index contributed by atoms with van der Waals surface area (Å²) >= 11 is 6.07. The molecule has 0 spiro atoms. The van der Waals surface area contributed by atoms with E-state index in [9.17, 15) is 13.2 Å². The highest BCUT2D eigenvalue weighted by Crippen LogP contribution is 2.55. The molecule has 4 aliphatic carbocycles. The Hall–Kier alpha value is -1.11. The van der Waals surface area contributed by atoms with Crippen LogP contribution in [0.3, 0.4) is 0 Å². The number of piperidine rings is 1. The number of hydrogen-bond acceptors (Lipinski definition) is 3. The van der Waals surface area contributed by atoms with Gasteiger partial charge in [-0.05, 0) is 93.7 Å². The third-order valence-corrected chi connectivity index (χ3v) is 10.2. The fraction of sp³-hybridized carbons (Fsp3) is 0.696. The molecule has 0 aromatic heterocycles. The fourth-order valence-electron chi connectivity index (χ4n) is 6.99. The van der Waals surface area contributed by atoms with Crippen LogP contribution in [0.4, 0.5) is 0 Å². The number of halogens is 1. The first-order chi connectivity index (χ1) is 14.2. The van der Waals surface area contributed by atoms with E-state index < -0.39 is 10.0 Å². The van der Waals surface area contributed by atoms with E-state index in [1.165, 1.54) is 29.6 Å². The lowest BCUT2D eigenvalue weighted by atomic mass is 9.53. The molecule has 6 rings (SSSR count). The van der Waals surface area contributed by atoms with Gasteiger partial charge in [0.1, 0.15) is 0 Å². The SMILES string of the molecule is Cc1ccc(Cl)cc1S(=O)(=O)N1CCCC(C(=O)NC23CC4CC(CC(C4)C2)C3)C1. The maximum absolute atomic E-state index is 13.3. The molecule has 0 radical (unpaired) electrons. The summed E-state index contributed by atoms with van der Waals surface area (Å²) in [6.07, 6.45) is 8.80. The summed E-state index contributed by atoms with van der Waals surface area (Å²) in [5.41, 5.74) is 0.649. The van der Waals surface area contributed by atoms with Gasteiger partial charge < -0.3 is 5.32 Å². The molecule has 5 nitrogen and oxygen atoms in total. The van der Waals surface area contributed by atoms with E-state index in [4.69, 9.17) is 11.6 Å². The van der Waals surface area contributed by atoms with Gasteiger partial charge in [-0.25, -0.2) is 8.42 Å². The molecule has 1 aliphatic heterocycles. The minimum absolute atomic E-state index is 0.0312. The molecule has 164 valence electrons. The number of nitrogens with one attached hydrogen (secondary N) is 1. The van der Waals surface area contributed by atoms with Crippen LogP contribution in [-0.4, -0.2) is 37.3 Å². The molecule has 5 fully saturated rings. The van der Waals surface area contributed by atoms with Crippen LogP contribution in [0.2, 0.25) is 5.02 Å². The van der Waals surface area contributed by atoms with Crippen LogP contribution in [-0.2, 0) is 14.8 Å². The maximum Gasteiger partial charge on any atom is 0.243 e. The van der Waals surface area contributed by atoms with Crippen LogP contribution in [0.25, 0.3) is 0 Å². The van der Waals surface area contributed by atoms with E-state index in [2.05, 4.69) is 5.32 Å². The van der Waals surface area contributed by atoms with E-state index >= 15 is 0 Å². The molecule has 4 saturated carbocycles. The zero-order valence-corrected chi connectivity index (χ0v) is 19.1. The van der Waals surface area contributed by atoms with Crippen LogP contribution < -0.4 is 5.32 Å². The van der Waals surface area contributed by atoms with E-state index in [0.29, 0.717) is 23.6 Å². The average molecular weight is 451 g/mol. The van der Waals surface area contributed by atoms with Gasteiger partial charge >= 0.3 is 0 Å². The van der Waals surface area contributed by atoms with Gasteiger partial charge in [-0.1, -0.05) is 17.7 Å². The second kappa shape index (κ2) is 7.49. The molecule has 1 amide bonds. The van der Waals surface area contributed by atoms with Crippen molar-refractivity contribution in [1.29, 1.82) is 0 Å². The Morgan fingerprint density at radius 3 is 2.40 bits per heavy atom. The van der Waals surface area contributed by atoms with Gasteiger partial charge in [-0.2, -0.15) is 4.31 Å². The normalized spacial score (nSPS) is 36.1. The molecular weight excluding hydrogens is 420 g/mol. The Morgan fingerprint density at radius 1 is 1.13 bits per heavy atom. The summed E-state index contributed by atoms with van der Waals surface area (Å²) in [5, 5.41) is 3.85. The van der Waals surface area contributed by atoms with Gasteiger partial charge in [0.25, 0.3) is 0 Å². The third kappa shape index (κ3) is 3.69. The molecule has 1 heterocycles. The van der Waals surface area contributed by atoms with Crippen molar-refractivity contribution in [3.05, 3.63) is 28.8 Å². The van der Waals surface area contributed by atoms with E-state index in [1.54, 1.807) is 19.1 Å². The van der Waals surface area contributed by atoms with Crippen molar-refractivity contribution < 1.29 is 13.2 Å². The fourth-order valence-corrected chi connectivity index (χ4v) is 9.00. The topological polar surface area (TPSA) is 66.5 Å².